The Bertz CT molecular complexity index is 825. The fourth-order valence-corrected chi connectivity index (χ4v) is 2.63. The molecule has 6 nitrogen and oxygen atoms in total. The fraction of sp³-hybridized carbons (Fsp3) is 0.267. The first kappa shape index (κ1) is 16.1. The second kappa shape index (κ2) is 5.84. The standard InChI is InChI=1S/C15H16O6S/c1-9(15(16)17)12-6-4-10-8-11(20-2)5-7-13(10)14(12)21-22(3,18)19/h4-9H,1-3H3,(H,16,17). The first-order valence-electron chi connectivity index (χ1n) is 6.46. The zero-order chi connectivity index (χ0) is 16.5. The largest absolute Gasteiger partial charge is 0.497 e. The highest BCUT2D eigenvalue weighted by atomic mass is 32.2. The lowest BCUT2D eigenvalue weighted by atomic mass is 9.96. The molecule has 0 heterocycles. The van der Waals surface area contributed by atoms with Gasteiger partial charge in [-0.25, -0.2) is 0 Å². The van der Waals surface area contributed by atoms with Gasteiger partial charge in [0.25, 0.3) is 0 Å². The smallest absolute Gasteiger partial charge is 0.310 e. The molecule has 0 aliphatic carbocycles. The van der Waals surface area contributed by atoms with Crippen LogP contribution in [0.15, 0.2) is 30.3 Å². The highest BCUT2D eigenvalue weighted by molar-refractivity contribution is 7.86. The molecule has 1 N–H and O–H groups in total. The van der Waals surface area contributed by atoms with E-state index in [0.29, 0.717) is 22.1 Å². The van der Waals surface area contributed by atoms with Crippen LogP contribution in [0.2, 0.25) is 0 Å². The topological polar surface area (TPSA) is 89.9 Å². The summed E-state index contributed by atoms with van der Waals surface area (Å²) in [6.45, 7) is 1.47. The third kappa shape index (κ3) is 3.30. The highest BCUT2D eigenvalue weighted by Gasteiger charge is 2.22. The lowest BCUT2D eigenvalue weighted by Crippen LogP contribution is -2.13. The van der Waals surface area contributed by atoms with E-state index in [-0.39, 0.29) is 5.75 Å². The maximum absolute atomic E-state index is 11.5. The van der Waals surface area contributed by atoms with Crippen LogP contribution < -0.4 is 8.92 Å². The van der Waals surface area contributed by atoms with Crippen LogP contribution >= 0.6 is 0 Å². The molecule has 0 aliphatic rings. The summed E-state index contributed by atoms with van der Waals surface area (Å²) in [4.78, 5) is 11.2. The van der Waals surface area contributed by atoms with Crippen LogP contribution in [0.1, 0.15) is 18.4 Å². The Morgan fingerprint density at radius 3 is 2.45 bits per heavy atom. The molecule has 0 saturated carbocycles. The van der Waals surface area contributed by atoms with Crippen molar-refractivity contribution in [2.24, 2.45) is 0 Å². The molecule has 0 fully saturated rings. The first-order valence-corrected chi connectivity index (χ1v) is 8.27. The molecule has 2 aromatic rings. The van der Waals surface area contributed by atoms with Gasteiger partial charge >= 0.3 is 16.1 Å². The average Bonchev–Trinajstić information content (AvgIpc) is 2.44. The zero-order valence-corrected chi connectivity index (χ0v) is 13.2. The van der Waals surface area contributed by atoms with Crippen LogP contribution in [-0.2, 0) is 14.9 Å². The Labute approximate surface area is 128 Å². The van der Waals surface area contributed by atoms with Crippen molar-refractivity contribution in [3.8, 4) is 11.5 Å². The molecular formula is C15H16O6S. The van der Waals surface area contributed by atoms with Gasteiger partial charge in [-0.1, -0.05) is 12.1 Å². The quantitative estimate of drug-likeness (QED) is 0.849. The Morgan fingerprint density at radius 1 is 1.23 bits per heavy atom. The van der Waals surface area contributed by atoms with Crippen LogP contribution in [0.4, 0.5) is 0 Å². The zero-order valence-electron chi connectivity index (χ0n) is 12.4. The van der Waals surface area contributed by atoms with Crippen molar-refractivity contribution in [2.75, 3.05) is 13.4 Å². The maximum Gasteiger partial charge on any atom is 0.310 e. The van der Waals surface area contributed by atoms with Crippen molar-refractivity contribution in [2.45, 2.75) is 12.8 Å². The number of carbonyl (C=O) groups is 1. The molecule has 2 aromatic carbocycles. The lowest BCUT2D eigenvalue weighted by Gasteiger charge is -2.16. The highest BCUT2D eigenvalue weighted by Crippen LogP contribution is 2.36. The number of fused-ring (bicyclic) bond motifs is 1. The summed E-state index contributed by atoms with van der Waals surface area (Å²) in [6.07, 6.45) is 0.921. The van der Waals surface area contributed by atoms with Gasteiger partial charge in [0.15, 0.2) is 5.75 Å². The lowest BCUT2D eigenvalue weighted by molar-refractivity contribution is -0.138. The molecule has 7 heteroatoms. The predicted molar refractivity (Wildman–Crippen MR) is 82.0 cm³/mol. The molecule has 1 atom stereocenters. The maximum atomic E-state index is 11.5. The monoisotopic (exact) mass is 324 g/mol. The van der Waals surface area contributed by atoms with E-state index in [4.69, 9.17) is 8.92 Å². The van der Waals surface area contributed by atoms with Gasteiger partial charge in [-0.2, -0.15) is 8.42 Å². The van der Waals surface area contributed by atoms with E-state index in [9.17, 15) is 18.3 Å². The molecule has 1 unspecified atom stereocenters. The molecule has 2 rings (SSSR count). The third-order valence-electron chi connectivity index (χ3n) is 3.28. The third-order valence-corrected chi connectivity index (χ3v) is 3.75. The van der Waals surface area contributed by atoms with E-state index >= 15 is 0 Å². The molecule has 0 aromatic heterocycles. The number of benzene rings is 2. The number of carboxylic acid groups (broad SMARTS) is 1. The first-order chi connectivity index (χ1) is 10.2. The van der Waals surface area contributed by atoms with Gasteiger partial charge < -0.3 is 14.0 Å². The van der Waals surface area contributed by atoms with Gasteiger partial charge in [0.2, 0.25) is 0 Å². The Morgan fingerprint density at radius 2 is 1.91 bits per heavy atom. The summed E-state index contributed by atoms with van der Waals surface area (Å²) in [5.41, 5.74) is 0.301. The van der Waals surface area contributed by atoms with Crippen LogP contribution in [-0.4, -0.2) is 32.9 Å². The van der Waals surface area contributed by atoms with Crippen LogP contribution in [0.5, 0.6) is 11.5 Å². The van der Waals surface area contributed by atoms with Crippen molar-refractivity contribution in [3.05, 3.63) is 35.9 Å². The summed E-state index contributed by atoms with van der Waals surface area (Å²) in [5, 5.41) is 10.4. The number of rotatable bonds is 5. The number of carboxylic acids is 1. The second-order valence-electron chi connectivity index (χ2n) is 4.92. The van der Waals surface area contributed by atoms with E-state index in [1.807, 2.05) is 0 Å². The van der Waals surface area contributed by atoms with Crippen molar-refractivity contribution in [1.29, 1.82) is 0 Å². The van der Waals surface area contributed by atoms with Gasteiger partial charge in [0.05, 0.1) is 19.3 Å². The second-order valence-corrected chi connectivity index (χ2v) is 6.49. The summed E-state index contributed by atoms with van der Waals surface area (Å²) in [6, 6.07) is 8.29. The molecule has 0 saturated heterocycles. The van der Waals surface area contributed by atoms with E-state index in [2.05, 4.69) is 0 Å². The summed E-state index contributed by atoms with van der Waals surface area (Å²) in [5.74, 6) is -1.32. The van der Waals surface area contributed by atoms with Gasteiger partial charge in [-0.05, 0) is 30.5 Å². The SMILES string of the molecule is COc1ccc2c(OS(C)(=O)=O)c(C(C)C(=O)O)ccc2c1. The molecule has 0 spiro atoms. The number of aliphatic carboxylic acids is 1. The fourth-order valence-electron chi connectivity index (χ4n) is 2.14. The summed E-state index contributed by atoms with van der Waals surface area (Å²) in [7, 11) is -2.27. The van der Waals surface area contributed by atoms with E-state index in [1.54, 1.807) is 30.3 Å². The summed E-state index contributed by atoms with van der Waals surface area (Å²) < 4.78 is 33.2. The average molecular weight is 324 g/mol. The molecule has 118 valence electrons. The predicted octanol–water partition coefficient (Wildman–Crippen LogP) is 2.37. The van der Waals surface area contributed by atoms with Gasteiger partial charge in [0, 0.05) is 10.9 Å². The molecule has 0 amide bonds. The van der Waals surface area contributed by atoms with Crippen LogP contribution in [0, 0.1) is 0 Å². The van der Waals surface area contributed by atoms with Crippen LogP contribution in [0.3, 0.4) is 0 Å². The van der Waals surface area contributed by atoms with Crippen LogP contribution in [0.25, 0.3) is 10.8 Å². The molecule has 22 heavy (non-hydrogen) atoms. The van der Waals surface area contributed by atoms with Gasteiger partial charge in [-0.15, -0.1) is 0 Å². The van der Waals surface area contributed by atoms with Crippen molar-refractivity contribution < 1.29 is 27.2 Å². The minimum Gasteiger partial charge on any atom is -0.497 e. The number of ether oxygens (including phenoxy) is 1. The molecular weight excluding hydrogens is 308 g/mol. The Kier molecular flexibility index (Phi) is 4.27. The van der Waals surface area contributed by atoms with Crippen molar-refractivity contribution >= 4 is 26.9 Å². The normalized spacial score (nSPS) is 12.9. The minimum absolute atomic E-state index is 0.0394. The van der Waals surface area contributed by atoms with Gasteiger partial charge in [0.1, 0.15) is 5.75 Å². The molecule has 0 bridgehead atoms. The Hall–Kier alpha value is -2.28. The molecule has 0 aliphatic heterocycles. The number of hydrogen-bond donors (Lipinski definition) is 1. The summed E-state index contributed by atoms with van der Waals surface area (Å²) >= 11 is 0. The number of hydrogen-bond acceptors (Lipinski definition) is 5. The Balaban J connectivity index is 2.74. The van der Waals surface area contributed by atoms with E-state index < -0.39 is 22.0 Å². The van der Waals surface area contributed by atoms with Gasteiger partial charge in [-0.3, -0.25) is 4.79 Å². The van der Waals surface area contributed by atoms with E-state index in [0.717, 1.165) is 6.26 Å². The van der Waals surface area contributed by atoms with E-state index in [1.165, 1.54) is 14.0 Å². The number of methoxy groups -OCH3 is 1. The van der Waals surface area contributed by atoms with Crippen molar-refractivity contribution in [1.82, 2.24) is 0 Å². The molecule has 0 radical (unpaired) electrons. The minimum atomic E-state index is -3.79. The van der Waals surface area contributed by atoms with Crippen molar-refractivity contribution in [3.63, 3.8) is 0 Å².